The summed E-state index contributed by atoms with van der Waals surface area (Å²) < 4.78 is 12.6. The fraction of sp³-hybridized carbons (Fsp3) is 0.158. The van der Waals surface area contributed by atoms with E-state index in [4.69, 9.17) is 9.47 Å². The minimum absolute atomic E-state index is 0.190. The topological polar surface area (TPSA) is 69.1 Å². The van der Waals surface area contributed by atoms with Crippen LogP contribution in [-0.2, 0) is 7.05 Å². The van der Waals surface area contributed by atoms with E-state index in [1.807, 2.05) is 42.1 Å². The van der Waals surface area contributed by atoms with Crippen molar-refractivity contribution >= 4 is 21.8 Å². The van der Waals surface area contributed by atoms with Gasteiger partial charge in [-0.25, -0.2) is 4.98 Å². The maximum Gasteiger partial charge on any atom is 0.252 e. The van der Waals surface area contributed by atoms with E-state index in [2.05, 4.69) is 9.97 Å². The molecule has 0 fully saturated rings. The summed E-state index contributed by atoms with van der Waals surface area (Å²) in [7, 11) is 5.14. The second-order valence-electron chi connectivity index (χ2n) is 5.86. The molecule has 0 saturated carbocycles. The molecule has 0 radical (unpaired) electrons. The number of ether oxygens (including phenoxy) is 2. The van der Waals surface area contributed by atoms with Gasteiger partial charge in [-0.15, -0.1) is 0 Å². The average Bonchev–Trinajstić information content (AvgIpc) is 2.96. The van der Waals surface area contributed by atoms with E-state index in [9.17, 15) is 4.79 Å². The first-order valence-electron chi connectivity index (χ1n) is 7.81. The van der Waals surface area contributed by atoms with Crippen LogP contribution in [0.5, 0.6) is 11.6 Å². The highest BCUT2D eigenvalue weighted by atomic mass is 16.5. The van der Waals surface area contributed by atoms with E-state index < -0.39 is 0 Å². The van der Waals surface area contributed by atoms with Crippen LogP contribution in [0.4, 0.5) is 0 Å². The molecule has 4 rings (SSSR count). The Bertz CT molecular complexity index is 1160. The first-order chi connectivity index (χ1) is 12.1. The molecule has 0 saturated heterocycles. The number of aromatic nitrogens is 3. The van der Waals surface area contributed by atoms with Crippen molar-refractivity contribution in [3.63, 3.8) is 0 Å². The van der Waals surface area contributed by atoms with E-state index in [1.54, 1.807) is 20.4 Å². The molecular weight excluding hydrogens is 318 g/mol. The SMILES string of the molecule is COc1cc2c(-c3ccc4c(OC)cc(=O)[nH]c4c3)cn(C)c2cn1. The van der Waals surface area contributed by atoms with Gasteiger partial charge in [0.1, 0.15) is 5.75 Å². The summed E-state index contributed by atoms with van der Waals surface area (Å²) in [4.78, 5) is 19.0. The summed E-state index contributed by atoms with van der Waals surface area (Å²) in [5.41, 5.74) is 3.60. The third-order valence-electron chi connectivity index (χ3n) is 4.40. The minimum Gasteiger partial charge on any atom is -0.496 e. The van der Waals surface area contributed by atoms with Crippen LogP contribution in [0.3, 0.4) is 0 Å². The van der Waals surface area contributed by atoms with Crippen LogP contribution in [0.1, 0.15) is 0 Å². The number of pyridine rings is 2. The van der Waals surface area contributed by atoms with Crippen LogP contribution in [-0.4, -0.2) is 28.8 Å². The molecule has 0 aliphatic heterocycles. The summed E-state index contributed by atoms with van der Waals surface area (Å²) >= 11 is 0. The van der Waals surface area contributed by atoms with Crippen molar-refractivity contribution in [1.82, 2.24) is 14.5 Å². The monoisotopic (exact) mass is 335 g/mol. The molecule has 1 aromatic carbocycles. The lowest BCUT2D eigenvalue weighted by atomic mass is 10.0. The van der Waals surface area contributed by atoms with Gasteiger partial charge in [-0.05, 0) is 17.7 Å². The summed E-state index contributed by atoms with van der Waals surface area (Å²) in [6.07, 6.45) is 3.84. The zero-order valence-corrected chi connectivity index (χ0v) is 14.2. The lowest BCUT2D eigenvalue weighted by molar-refractivity contribution is 0.398. The summed E-state index contributed by atoms with van der Waals surface area (Å²) in [5, 5.41) is 1.91. The summed E-state index contributed by atoms with van der Waals surface area (Å²) in [6, 6.07) is 9.31. The Morgan fingerprint density at radius 3 is 2.68 bits per heavy atom. The fourth-order valence-corrected chi connectivity index (χ4v) is 3.16. The van der Waals surface area contributed by atoms with Gasteiger partial charge in [0.15, 0.2) is 0 Å². The predicted molar refractivity (Wildman–Crippen MR) is 97.4 cm³/mol. The van der Waals surface area contributed by atoms with Gasteiger partial charge >= 0.3 is 0 Å². The maximum absolute atomic E-state index is 11.8. The molecule has 6 heteroatoms. The largest absolute Gasteiger partial charge is 0.496 e. The maximum atomic E-state index is 11.8. The lowest BCUT2D eigenvalue weighted by Gasteiger charge is -2.07. The van der Waals surface area contributed by atoms with Gasteiger partial charge in [-0.1, -0.05) is 6.07 Å². The van der Waals surface area contributed by atoms with E-state index in [1.165, 1.54) is 6.07 Å². The average molecular weight is 335 g/mol. The molecule has 3 heterocycles. The van der Waals surface area contributed by atoms with Crippen molar-refractivity contribution in [2.24, 2.45) is 7.05 Å². The molecule has 25 heavy (non-hydrogen) atoms. The molecule has 6 nitrogen and oxygen atoms in total. The molecule has 0 unspecified atom stereocenters. The molecule has 126 valence electrons. The van der Waals surface area contributed by atoms with Crippen LogP contribution in [0.25, 0.3) is 32.9 Å². The van der Waals surface area contributed by atoms with Crippen molar-refractivity contribution in [2.45, 2.75) is 0 Å². The Morgan fingerprint density at radius 1 is 1.08 bits per heavy atom. The number of H-pyrrole nitrogens is 1. The van der Waals surface area contributed by atoms with Gasteiger partial charge in [-0.3, -0.25) is 4.79 Å². The standard InChI is InChI=1S/C19H17N3O3/c1-22-10-14(13-7-19(25-3)20-9-16(13)22)11-4-5-12-15(6-11)21-18(23)8-17(12)24-2/h4-10H,1-3H3,(H,21,23). The number of nitrogens with zero attached hydrogens (tertiary/aromatic N) is 2. The highest BCUT2D eigenvalue weighted by Crippen LogP contribution is 2.34. The van der Waals surface area contributed by atoms with E-state index >= 15 is 0 Å². The quantitative estimate of drug-likeness (QED) is 0.625. The van der Waals surface area contributed by atoms with Gasteiger partial charge in [0, 0.05) is 41.7 Å². The van der Waals surface area contributed by atoms with Gasteiger partial charge in [0.05, 0.1) is 31.4 Å². The van der Waals surface area contributed by atoms with Crippen molar-refractivity contribution in [2.75, 3.05) is 14.2 Å². The van der Waals surface area contributed by atoms with E-state index in [-0.39, 0.29) is 5.56 Å². The van der Waals surface area contributed by atoms with Crippen molar-refractivity contribution in [1.29, 1.82) is 0 Å². The van der Waals surface area contributed by atoms with Crippen LogP contribution in [0.2, 0.25) is 0 Å². The highest BCUT2D eigenvalue weighted by molar-refractivity contribution is 5.98. The lowest BCUT2D eigenvalue weighted by Crippen LogP contribution is -2.05. The Balaban J connectivity index is 1.98. The molecule has 3 aromatic heterocycles. The first kappa shape index (κ1) is 15.3. The van der Waals surface area contributed by atoms with Crippen LogP contribution in [0, 0.1) is 0 Å². The predicted octanol–water partition coefficient (Wildman–Crippen LogP) is 3.10. The third-order valence-corrected chi connectivity index (χ3v) is 4.40. The van der Waals surface area contributed by atoms with Crippen molar-refractivity contribution in [3.05, 3.63) is 53.1 Å². The van der Waals surface area contributed by atoms with Gasteiger partial charge in [0.25, 0.3) is 5.56 Å². The first-order valence-corrected chi connectivity index (χ1v) is 7.81. The zero-order valence-electron chi connectivity index (χ0n) is 14.2. The number of hydrogen-bond acceptors (Lipinski definition) is 4. The Labute approximate surface area is 143 Å². The number of nitrogens with one attached hydrogen (secondary N) is 1. The normalized spacial score (nSPS) is 11.2. The smallest absolute Gasteiger partial charge is 0.252 e. The zero-order chi connectivity index (χ0) is 17.6. The molecule has 0 bridgehead atoms. The second-order valence-corrected chi connectivity index (χ2v) is 5.86. The summed E-state index contributed by atoms with van der Waals surface area (Å²) in [5.74, 6) is 1.13. The fourth-order valence-electron chi connectivity index (χ4n) is 3.16. The van der Waals surface area contributed by atoms with Crippen LogP contribution in [0.15, 0.2) is 47.5 Å². The van der Waals surface area contributed by atoms with Crippen LogP contribution < -0.4 is 15.0 Å². The molecular formula is C19H17N3O3. The molecule has 0 atom stereocenters. The molecule has 0 spiro atoms. The number of hydrogen-bond donors (Lipinski definition) is 1. The second kappa shape index (κ2) is 5.66. The number of benzene rings is 1. The van der Waals surface area contributed by atoms with E-state index in [0.717, 1.165) is 32.9 Å². The molecule has 4 aromatic rings. The molecule has 0 amide bonds. The Kier molecular flexibility index (Phi) is 3.46. The third kappa shape index (κ3) is 2.42. The highest BCUT2D eigenvalue weighted by Gasteiger charge is 2.12. The van der Waals surface area contributed by atoms with Gasteiger partial charge < -0.3 is 19.0 Å². The molecule has 1 N–H and O–H groups in total. The van der Waals surface area contributed by atoms with Crippen LogP contribution >= 0.6 is 0 Å². The van der Waals surface area contributed by atoms with E-state index in [0.29, 0.717) is 11.6 Å². The number of methoxy groups -OCH3 is 2. The number of aryl methyl sites for hydroxylation is 1. The van der Waals surface area contributed by atoms with Gasteiger partial charge in [0.2, 0.25) is 5.88 Å². The number of rotatable bonds is 3. The van der Waals surface area contributed by atoms with Crippen molar-refractivity contribution in [3.8, 4) is 22.8 Å². The van der Waals surface area contributed by atoms with Gasteiger partial charge in [-0.2, -0.15) is 0 Å². The Morgan fingerprint density at radius 2 is 1.92 bits per heavy atom. The summed E-state index contributed by atoms with van der Waals surface area (Å²) in [6.45, 7) is 0. The minimum atomic E-state index is -0.190. The number of fused-ring (bicyclic) bond motifs is 2. The molecule has 0 aliphatic rings. The number of aromatic amines is 1. The Hall–Kier alpha value is -3.28. The molecule has 0 aliphatic carbocycles. The van der Waals surface area contributed by atoms with Crippen molar-refractivity contribution < 1.29 is 9.47 Å².